The van der Waals surface area contributed by atoms with Crippen LogP contribution in [0.1, 0.15) is 75.3 Å². The Morgan fingerprint density at radius 3 is 2.40 bits per heavy atom. The molecule has 0 N–H and O–H groups in total. The lowest BCUT2D eigenvalue weighted by Gasteiger charge is -2.44. The van der Waals surface area contributed by atoms with E-state index in [0.29, 0.717) is 5.92 Å². The maximum absolute atomic E-state index is 7.74. The van der Waals surface area contributed by atoms with Gasteiger partial charge in [-0.05, 0) is 89.2 Å². The SMILES string of the molecule is CC.CC(c1cccc2ccccc12)N(C(C)C12C=CC=C3C4CC4C=CC31C2)P1Oc2ccc3ccccc3c2C23CC2(C=Cc2ccccc23)O1. The van der Waals surface area contributed by atoms with Crippen molar-refractivity contribution in [2.24, 2.45) is 22.7 Å². The van der Waals surface area contributed by atoms with Crippen LogP contribution in [0.2, 0.25) is 0 Å². The zero-order valence-corrected chi connectivity index (χ0v) is 31.9. The van der Waals surface area contributed by atoms with E-state index < -0.39 is 14.1 Å². The van der Waals surface area contributed by atoms with E-state index in [1.165, 1.54) is 50.2 Å². The first-order valence-electron chi connectivity index (χ1n) is 19.8. The Hall–Kier alpha value is -4.27. The molecule has 0 saturated heterocycles. The van der Waals surface area contributed by atoms with Crippen LogP contribution in [0, 0.1) is 22.7 Å². The van der Waals surface area contributed by atoms with E-state index in [9.17, 15) is 0 Å². The summed E-state index contributed by atoms with van der Waals surface area (Å²) in [6, 6.07) is 38.1. The van der Waals surface area contributed by atoms with Crippen LogP contribution in [0.25, 0.3) is 27.6 Å². The van der Waals surface area contributed by atoms with Crippen LogP contribution in [-0.4, -0.2) is 16.3 Å². The zero-order chi connectivity index (χ0) is 35.7. The molecule has 1 heterocycles. The third-order valence-corrected chi connectivity index (χ3v) is 16.0. The first kappa shape index (κ1) is 32.2. The van der Waals surface area contributed by atoms with Crippen molar-refractivity contribution in [3.63, 3.8) is 0 Å². The Kier molecular flexibility index (Phi) is 6.76. The molecule has 1 aliphatic heterocycles. The average molecular weight is 712 g/mol. The summed E-state index contributed by atoms with van der Waals surface area (Å²) >= 11 is 0. The largest absolute Gasteiger partial charge is 0.435 e. The minimum atomic E-state index is -1.56. The van der Waals surface area contributed by atoms with Crippen LogP contribution < -0.4 is 4.52 Å². The third-order valence-electron chi connectivity index (χ3n) is 14.1. The standard InChI is InChI=1S/C47H40NO2P.C2H6/c1-30(36-17-9-14-32-11-3-6-15-37(32)36)48(31(2)44-24-10-19-41-39-27-35(39)22-25-45(41,44)28-44)51-49-42-21-20-33-12-4-7-16-38(33)43(42)47-29-46(47,50-51)26-23-34-13-5-8-18-40(34)47;1-2/h3-26,30-31,35,39H,27-29H2,1-2H3;1-2H3. The highest BCUT2D eigenvalue weighted by Crippen LogP contribution is 2.81. The van der Waals surface area contributed by atoms with Crippen LogP contribution in [0.4, 0.5) is 0 Å². The summed E-state index contributed by atoms with van der Waals surface area (Å²) in [6.45, 7) is 8.87. The highest BCUT2D eigenvalue weighted by Gasteiger charge is 2.77. The van der Waals surface area contributed by atoms with Crippen molar-refractivity contribution >= 4 is 36.1 Å². The van der Waals surface area contributed by atoms with E-state index in [-0.39, 0.29) is 28.3 Å². The number of fused-ring (bicyclic) bond motifs is 7. The van der Waals surface area contributed by atoms with Crippen molar-refractivity contribution in [1.29, 1.82) is 0 Å². The fourth-order valence-electron chi connectivity index (χ4n) is 11.4. The maximum Gasteiger partial charge on any atom is 0.322 e. The monoisotopic (exact) mass is 711 g/mol. The van der Waals surface area contributed by atoms with E-state index in [1.807, 2.05) is 13.8 Å². The topological polar surface area (TPSA) is 21.7 Å². The number of allylic oxidation sites excluding steroid dienone is 5. The summed E-state index contributed by atoms with van der Waals surface area (Å²) in [4.78, 5) is 0. The average Bonchev–Trinajstić information content (AvgIpc) is 4.13. The van der Waals surface area contributed by atoms with Gasteiger partial charge in [0.25, 0.3) is 0 Å². The van der Waals surface area contributed by atoms with Gasteiger partial charge in [-0.3, -0.25) is 0 Å². The molecule has 3 fully saturated rings. The van der Waals surface area contributed by atoms with Gasteiger partial charge in [0.1, 0.15) is 11.4 Å². The quantitative estimate of drug-likeness (QED) is 0.134. The smallest absolute Gasteiger partial charge is 0.322 e. The van der Waals surface area contributed by atoms with Crippen molar-refractivity contribution < 1.29 is 9.05 Å². The molecule has 53 heavy (non-hydrogen) atoms. The summed E-state index contributed by atoms with van der Waals surface area (Å²) < 4.78 is 17.9. The van der Waals surface area contributed by atoms with Crippen molar-refractivity contribution in [1.82, 2.24) is 4.67 Å². The number of benzene rings is 5. The minimum Gasteiger partial charge on any atom is -0.435 e. The third kappa shape index (κ3) is 4.12. The number of rotatable bonds is 5. The van der Waals surface area contributed by atoms with Crippen molar-refractivity contribution in [2.45, 2.75) is 70.1 Å². The molecule has 264 valence electrons. The molecule has 12 rings (SSSR count). The summed E-state index contributed by atoms with van der Waals surface area (Å²) in [6.07, 6.45) is 20.6. The molecule has 0 radical (unpaired) electrons. The number of hydrogen-bond donors (Lipinski definition) is 0. The Bertz CT molecular complexity index is 2470. The minimum absolute atomic E-state index is 0.0130. The van der Waals surface area contributed by atoms with Gasteiger partial charge >= 0.3 is 8.53 Å². The molecule has 5 aromatic rings. The predicted molar refractivity (Wildman–Crippen MR) is 219 cm³/mol. The molecule has 1 spiro atoms. The maximum atomic E-state index is 7.74. The first-order chi connectivity index (χ1) is 26.0. The molecule has 5 aromatic carbocycles. The zero-order valence-electron chi connectivity index (χ0n) is 31.0. The summed E-state index contributed by atoms with van der Waals surface area (Å²) in [7, 11) is -1.56. The van der Waals surface area contributed by atoms with E-state index in [0.717, 1.165) is 24.5 Å². The van der Waals surface area contributed by atoms with E-state index in [4.69, 9.17) is 9.05 Å². The fourth-order valence-corrected chi connectivity index (χ4v) is 13.4. The molecule has 9 unspecified atom stereocenters. The second-order valence-corrected chi connectivity index (χ2v) is 17.6. The molecule has 0 aromatic heterocycles. The molecule has 0 bridgehead atoms. The molecular formula is C49H46NO2P. The van der Waals surface area contributed by atoms with Gasteiger partial charge in [0, 0.05) is 28.5 Å². The fraction of sp³-hybridized carbons (Fsp3) is 0.306. The van der Waals surface area contributed by atoms with Gasteiger partial charge in [-0.25, -0.2) is 4.67 Å². The van der Waals surface area contributed by atoms with Gasteiger partial charge in [0.15, 0.2) is 0 Å². The molecular weight excluding hydrogens is 666 g/mol. The van der Waals surface area contributed by atoms with Gasteiger partial charge in [0.05, 0.1) is 5.41 Å². The van der Waals surface area contributed by atoms with Crippen LogP contribution in [-0.2, 0) is 9.94 Å². The molecule has 3 nitrogen and oxygen atoms in total. The second-order valence-electron chi connectivity index (χ2n) is 16.3. The lowest BCUT2D eigenvalue weighted by molar-refractivity contribution is 0.137. The van der Waals surface area contributed by atoms with Crippen molar-refractivity contribution in [3.05, 3.63) is 167 Å². The molecule has 9 atom stereocenters. The van der Waals surface area contributed by atoms with Gasteiger partial charge < -0.3 is 9.05 Å². The van der Waals surface area contributed by atoms with Gasteiger partial charge in [-0.2, -0.15) is 0 Å². The molecule has 6 aliphatic carbocycles. The van der Waals surface area contributed by atoms with Gasteiger partial charge in [-0.15, -0.1) is 0 Å². The lowest BCUT2D eigenvalue weighted by atomic mass is 9.74. The van der Waals surface area contributed by atoms with Crippen LogP contribution in [0.15, 0.2) is 145 Å². The highest BCUT2D eigenvalue weighted by atomic mass is 31.2. The molecule has 7 aliphatic rings. The van der Waals surface area contributed by atoms with E-state index in [2.05, 4.69) is 164 Å². The highest BCUT2D eigenvalue weighted by molar-refractivity contribution is 7.45. The van der Waals surface area contributed by atoms with E-state index in [1.54, 1.807) is 5.57 Å². The van der Waals surface area contributed by atoms with E-state index >= 15 is 0 Å². The van der Waals surface area contributed by atoms with Crippen molar-refractivity contribution in [3.8, 4) is 5.75 Å². The van der Waals surface area contributed by atoms with Gasteiger partial charge in [0.2, 0.25) is 0 Å². The second kappa shape index (κ2) is 11.1. The number of nitrogens with zero attached hydrogens (tertiary/aromatic N) is 1. The molecule has 3 saturated carbocycles. The van der Waals surface area contributed by atoms with Crippen molar-refractivity contribution in [2.75, 3.05) is 0 Å². The summed E-state index contributed by atoms with van der Waals surface area (Å²) in [5, 5.41) is 5.08. The molecule has 4 heteroatoms. The van der Waals surface area contributed by atoms with Crippen LogP contribution in [0.3, 0.4) is 0 Å². The number of hydrogen-bond acceptors (Lipinski definition) is 3. The first-order valence-corrected chi connectivity index (χ1v) is 21.0. The normalized spacial score (nSPS) is 33.9. The summed E-state index contributed by atoms with van der Waals surface area (Å²) in [5.41, 5.74) is 6.19. The molecule has 0 amide bonds. The Morgan fingerprint density at radius 2 is 1.53 bits per heavy atom. The van der Waals surface area contributed by atoms with Crippen LogP contribution >= 0.6 is 8.53 Å². The van der Waals surface area contributed by atoms with Gasteiger partial charge in [-0.1, -0.05) is 159 Å². The Labute approximate surface area is 314 Å². The van der Waals surface area contributed by atoms with Crippen LogP contribution in [0.5, 0.6) is 5.75 Å². The lowest BCUT2D eigenvalue weighted by Crippen LogP contribution is -2.42. The predicted octanol–water partition coefficient (Wildman–Crippen LogP) is 12.6. The summed E-state index contributed by atoms with van der Waals surface area (Å²) in [5.74, 6) is 2.42. The Balaban J connectivity index is 0.00000163. The Morgan fingerprint density at radius 1 is 0.774 bits per heavy atom.